The fraction of sp³-hybridized carbons (Fsp3) is 0.385. The molecular weight excluding hydrogens is 232 g/mol. The van der Waals surface area contributed by atoms with Crippen LogP contribution in [0.3, 0.4) is 0 Å². The van der Waals surface area contributed by atoms with Crippen molar-refractivity contribution < 1.29 is 14.3 Å². The molecule has 18 heavy (non-hydrogen) atoms. The summed E-state index contributed by atoms with van der Waals surface area (Å²) >= 11 is 0. The monoisotopic (exact) mass is 248 g/mol. The van der Waals surface area contributed by atoms with Gasteiger partial charge in [0, 0.05) is 7.05 Å². The maximum Gasteiger partial charge on any atom is 0.235 e. The first-order valence-corrected chi connectivity index (χ1v) is 5.86. The van der Waals surface area contributed by atoms with Crippen LogP contribution in [0.25, 0.3) is 0 Å². The van der Waals surface area contributed by atoms with E-state index in [-0.39, 0.29) is 17.9 Å². The van der Waals surface area contributed by atoms with Crippen LogP contribution in [-0.2, 0) is 20.9 Å². The van der Waals surface area contributed by atoms with Crippen LogP contribution in [0.1, 0.15) is 5.56 Å². The van der Waals surface area contributed by atoms with Gasteiger partial charge < -0.3 is 15.4 Å². The average Bonchev–Trinajstić information content (AvgIpc) is 2.38. The average molecular weight is 248 g/mol. The summed E-state index contributed by atoms with van der Waals surface area (Å²) in [6, 6.07) is 9.54. The molecule has 5 nitrogen and oxygen atoms in total. The van der Waals surface area contributed by atoms with E-state index in [0.717, 1.165) is 5.56 Å². The zero-order chi connectivity index (χ0) is 13.0. The van der Waals surface area contributed by atoms with Crippen molar-refractivity contribution in [2.45, 2.75) is 12.6 Å². The van der Waals surface area contributed by atoms with Crippen LogP contribution >= 0.6 is 0 Å². The van der Waals surface area contributed by atoms with Gasteiger partial charge in [-0.2, -0.15) is 0 Å². The Balaban J connectivity index is 1.78. The third-order valence-electron chi connectivity index (χ3n) is 2.95. The maximum atomic E-state index is 11.4. The largest absolute Gasteiger partial charge is 0.375 e. The highest BCUT2D eigenvalue weighted by molar-refractivity contribution is 6.05. The number of hydrogen-bond donors (Lipinski definition) is 2. The van der Waals surface area contributed by atoms with Crippen LogP contribution in [0.4, 0.5) is 0 Å². The molecule has 1 heterocycles. The number of rotatable bonds is 5. The minimum atomic E-state index is -0.620. The molecule has 1 fully saturated rings. The van der Waals surface area contributed by atoms with Gasteiger partial charge in [0.15, 0.2) is 0 Å². The van der Waals surface area contributed by atoms with Gasteiger partial charge in [-0.3, -0.25) is 9.59 Å². The molecule has 1 aromatic rings. The Bertz CT molecular complexity index is 433. The molecule has 0 bridgehead atoms. The molecule has 0 radical (unpaired) electrons. The van der Waals surface area contributed by atoms with Crippen molar-refractivity contribution in [3.63, 3.8) is 0 Å². The van der Waals surface area contributed by atoms with Crippen molar-refractivity contribution >= 4 is 11.8 Å². The van der Waals surface area contributed by atoms with Gasteiger partial charge in [-0.15, -0.1) is 0 Å². The molecule has 5 heteroatoms. The fourth-order valence-electron chi connectivity index (χ4n) is 1.92. The van der Waals surface area contributed by atoms with E-state index in [1.54, 1.807) is 0 Å². The summed E-state index contributed by atoms with van der Waals surface area (Å²) < 4.78 is 5.50. The minimum absolute atomic E-state index is 0.221. The first-order valence-electron chi connectivity index (χ1n) is 5.86. The van der Waals surface area contributed by atoms with Gasteiger partial charge in [0.2, 0.25) is 11.8 Å². The lowest BCUT2D eigenvalue weighted by atomic mass is 9.90. The topological polar surface area (TPSA) is 67.4 Å². The number of nitrogens with one attached hydrogen (secondary N) is 2. The normalized spacial score (nSPS) is 21.9. The zero-order valence-corrected chi connectivity index (χ0v) is 10.2. The third-order valence-corrected chi connectivity index (χ3v) is 2.95. The molecule has 2 N–H and O–H groups in total. The van der Waals surface area contributed by atoms with Crippen LogP contribution in [0.15, 0.2) is 30.3 Å². The van der Waals surface area contributed by atoms with Crippen LogP contribution in [0, 0.1) is 5.92 Å². The third kappa shape index (κ3) is 2.68. The van der Waals surface area contributed by atoms with E-state index >= 15 is 0 Å². The predicted octanol–water partition coefficient (Wildman–Crippen LogP) is 0.0638. The second kappa shape index (κ2) is 5.64. The highest BCUT2D eigenvalue weighted by atomic mass is 16.5. The lowest BCUT2D eigenvalue weighted by molar-refractivity contribution is -0.146. The molecule has 2 atom stereocenters. The van der Waals surface area contributed by atoms with Crippen molar-refractivity contribution in [3.05, 3.63) is 35.9 Å². The maximum absolute atomic E-state index is 11.4. The zero-order valence-electron chi connectivity index (χ0n) is 10.2. The Morgan fingerprint density at radius 1 is 1.39 bits per heavy atom. The Morgan fingerprint density at radius 2 is 2.11 bits per heavy atom. The Kier molecular flexibility index (Phi) is 3.94. The molecule has 0 saturated carbocycles. The Hall–Kier alpha value is -1.88. The molecular formula is C13H16N2O3. The number of carbonyl (C=O) groups is 2. The molecule has 0 spiro atoms. The SMILES string of the molecule is CNC(=O)[C@H]1C(=O)N[C@H]1COCc1ccccc1. The van der Waals surface area contributed by atoms with E-state index in [9.17, 15) is 9.59 Å². The fourth-order valence-corrected chi connectivity index (χ4v) is 1.92. The molecule has 0 aromatic heterocycles. The van der Waals surface area contributed by atoms with Gasteiger partial charge in [-0.05, 0) is 5.56 Å². The summed E-state index contributed by atoms with van der Waals surface area (Å²) in [5.41, 5.74) is 1.07. The molecule has 1 aliphatic heterocycles. The molecule has 1 aliphatic rings. The van der Waals surface area contributed by atoms with Gasteiger partial charge in [-0.1, -0.05) is 30.3 Å². The van der Waals surface area contributed by atoms with E-state index in [1.165, 1.54) is 7.05 Å². The van der Waals surface area contributed by atoms with Crippen molar-refractivity contribution in [2.24, 2.45) is 5.92 Å². The molecule has 2 rings (SSSR count). The molecule has 1 aromatic carbocycles. The number of hydrogen-bond acceptors (Lipinski definition) is 3. The number of amides is 2. The van der Waals surface area contributed by atoms with E-state index in [1.807, 2.05) is 30.3 Å². The van der Waals surface area contributed by atoms with E-state index in [4.69, 9.17) is 4.74 Å². The summed E-state index contributed by atoms with van der Waals surface area (Å²) in [6.45, 7) is 0.826. The number of benzene rings is 1. The van der Waals surface area contributed by atoms with Crippen molar-refractivity contribution in [2.75, 3.05) is 13.7 Å². The van der Waals surface area contributed by atoms with Crippen LogP contribution in [0.5, 0.6) is 0 Å². The first-order chi connectivity index (χ1) is 8.72. The lowest BCUT2D eigenvalue weighted by Gasteiger charge is -2.34. The van der Waals surface area contributed by atoms with Gasteiger partial charge in [0.1, 0.15) is 5.92 Å². The second-order valence-corrected chi connectivity index (χ2v) is 4.21. The molecule has 2 amide bonds. The van der Waals surface area contributed by atoms with Gasteiger partial charge in [-0.25, -0.2) is 0 Å². The predicted molar refractivity (Wildman–Crippen MR) is 65.6 cm³/mol. The minimum Gasteiger partial charge on any atom is -0.375 e. The standard InChI is InChI=1S/C13H16N2O3/c1-14-12(16)11-10(15-13(11)17)8-18-7-9-5-3-2-4-6-9/h2-6,10-11H,7-8H2,1H3,(H,14,16)(H,15,17)/t10-,11-/m0/s1. The second-order valence-electron chi connectivity index (χ2n) is 4.21. The van der Waals surface area contributed by atoms with Crippen molar-refractivity contribution in [1.82, 2.24) is 10.6 Å². The molecule has 96 valence electrons. The number of ether oxygens (including phenoxy) is 1. The van der Waals surface area contributed by atoms with Crippen molar-refractivity contribution in [1.29, 1.82) is 0 Å². The summed E-state index contributed by atoms with van der Waals surface area (Å²) in [6.07, 6.45) is 0. The van der Waals surface area contributed by atoms with E-state index in [2.05, 4.69) is 10.6 Å². The summed E-state index contributed by atoms with van der Waals surface area (Å²) in [5.74, 6) is -1.11. The first kappa shape index (κ1) is 12.6. The smallest absolute Gasteiger partial charge is 0.235 e. The van der Waals surface area contributed by atoms with Crippen LogP contribution in [-0.4, -0.2) is 31.5 Å². The summed E-state index contributed by atoms with van der Waals surface area (Å²) in [7, 11) is 1.52. The highest BCUT2D eigenvalue weighted by Gasteiger charge is 2.44. The molecule has 0 unspecified atom stereocenters. The van der Waals surface area contributed by atoms with Crippen molar-refractivity contribution in [3.8, 4) is 0 Å². The quantitative estimate of drug-likeness (QED) is 0.572. The highest BCUT2D eigenvalue weighted by Crippen LogP contribution is 2.16. The molecule has 0 aliphatic carbocycles. The Labute approximate surface area is 106 Å². The number of β-lactam (4-membered cyclic amide) rings is 1. The van der Waals surface area contributed by atoms with Crippen LogP contribution < -0.4 is 10.6 Å². The van der Waals surface area contributed by atoms with Gasteiger partial charge >= 0.3 is 0 Å². The van der Waals surface area contributed by atoms with Gasteiger partial charge in [0.25, 0.3) is 0 Å². The van der Waals surface area contributed by atoms with E-state index < -0.39 is 5.92 Å². The van der Waals surface area contributed by atoms with E-state index in [0.29, 0.717) is 13.2 Å². The molecule has 1 saturated heterocycles. The summed E-state index contributed by atoms with van der Waals surface area (Å²) in [5, 5.41) is 5.15. The summed E-state index contributed by atoms with van der Waals surface area (Å²) in [4.78, 5) is 22.7. The lowest BCUT2D eigenvalue weighted by Crippen LogP contribution is -2.64. The van der Waals surface area contributed by atoms with Gasteiger partial charge in [0.05, 0.1) is 19.3 Å². The van der Waals surface area contributed by atoms with Crippen LogP contribution in [0.2, 0.25) is 0 Å². The number of carbonyl (C=O) groups excluding carboxylic acids is 2. The Morgan fingerprint density at radius 3 is 2.72 bits per heavy atom.